The summed E-state index contributed by atoms with van der Waals surface area (Å²) in [5.74, 6) is -1.04. The highest BCUT2D eigenvalue weighted by atomic mass is 16.4. The number of hydrogen-bond donors (Lipinski definition) is 1. The van der Waals surface area contributed by atoms with Crippen LogP contribution in [0.2, 0.25) is 0 Å². The van der Waals surface area contributed by atoms with Crippen LogP contribution in [0.1, 0.15) is 21.6 Å². The number of aromatic nitrogens is 2. The molecule has 0 fully saturated rings. The van der Waals surface area contributed by atoms with E-state index in [9.17, 15) is 9.90 Å². The molecule has 2 heterocycles. The minimum Gasteiger partial charge on any atom is -0.476 e. The number of nitrogens with zero attached hydrogens (tertiary/aromatic N) is 5. The van der Waals surface area contributed by atoms with Crippen molar-refractivity contribution in [2.45, 2.75) is 6.92 Å². The second-order valence-corrected chi connectivity index (χ2v) is 4.88. The van der Waals surface area contributed by atoms with E-state index >= 15 is 0 Å². The monoisotopic (exact) mass is 305 g/mol. The van der Waals surface area contributed by atoms with Gasteiger partial charge in [-0.1, -0.05) is 6.07 Å². The first kappa shape index (κ1) is 14.4. The number of fused-ring (bicyclic) bond motifs is 1. The third-order valence-corrected chi connectivity index (χ3v) is 3.19. The van der Waals surface area contributed by atoms with Crippen molar-refractivity contribution >= 4 is 23.1 Å². The molecule has 112 valence electrons. The number of carboxylic acids is 1. The van der Waals surface area contributed by atoms with Crippen LogP contribution in [-0.2, 0) is 0 Å². The molecule has 0 amide bonds. The van der Waals surface area contributed by atoms with Crippen LogP contribution in [-0.4, -0.2) is 20.5 Å². The number of azo groups is 1. The Morgan fingerprint density at radius 3 is 2.87 bits per heavy atom. The van der Waals surface area contributed by atoms with Crippen molar-refractivity contribution in [2.75, 3.05) is 0 Å². The van der Waals surface area contributed by atoms with Gasteiger partial charge in [0.1, 0.15) is 5.65 Å². The Labute approximate surface area is 131 Å². The lowest BCUT2D eigenvalue weighted by Crippen LogP contribution is -1.96. The Bertz CT molecular complexity index is 982. The van der Waals surface area contributed by atoms with E-state index < -0.39 is 5.97 Å². The highest BCUT2D eigenvalue weighted by Gasteiger charge is 2.18. The fraction of sp³-hybridized carbons (Fsp3) is 0.0625. The van der Waals surface area contributed by atoms with Crippen molar-refractivity contribution in [1.82, 2.24) is 9.38 Å². The van der Waals surface area contributed by atoms with Gasteiger partial charge in [0.15, 0.2) is 11.5 Å². The maximum atomic E-state index is 11.4. The second-order valence-electron chi connectivity index (χ2n) is 4.88. The van der Waals surface area contributed by atoms with Gasteiger partial charge in [0, 0.05) is 6.20 Å². The zero-order valence-electron chi connectivity index (χ0n) is 12.1. The fourth-order valence-corrected chi connectivity index (χ4v) is 2.12. The van der Waals surface area contributed by atoms with Gasteiger partial charge >= 0.3 is 5.97 Å². The molecule has 0 aliphatic heterocycles. The number of hydrogen-bond acceptors (Lipinski definition) is 5. The largest absolute Gasteiger partial charge is 0.476 e. The molecule has 3 aromatic rings. The molecular weight excluding hydrogens is 294 g/mol. The maximum Gasteiger partial charge on any atom is 0.358 e. The number of nitriles is 1. The van der Waals surface area contributed by atoms with Gasteiger partial charge < -0.3 is 5.11 Å². The van der Waals surface area contributed by atoms with Gasteiger partial charge in [-0.25, -0.2) is 9.78 Å². The van der Waals surface area contributed by atoms with Crippen molar-refractivity contribution in [3.8, 4) is 6.07 Å². The smallest absolute Gasteiger partial charge is 0.358 e. The number of carboxylic acid groups (broad SMARTS) is 1. The third-order valence-electron chi connectivity index (χ3n) is 3.19. The van der Waals surface area contributed by atoms with Crippen LogP contribution in [0, 0.1) is 18.3 Å². The van der Waals surface area contributed by atoms with E-state index in [1.54, 1.807) is 40.9 Å². The molecule has 0 atom stereocenters. The summed E-state index contributed by atoms with van der Waals surface area (Å²) < 4.78 is 1.56. The van der Waals surface area contributed by atoms with Crippen LogP contribution >= 0.6 is 0 Å². The number of aromatic carboxylic acids is 1. The predicted molar refractivity (Wildman–Crippen MR) is 82.2 cm³/mol. The van der Waals surface area contributed by atoms with Crippen LogP contribution < -0.4 is 0 Å². The Balaban J connectivity index is 2.11. The van der Waals surface area contributed by atoms with Crippen LogP contribution in [0.15, 0.2) is 52.8 Å². The minimum atomic E-state index is -1.17. The van der Waals surface area contributed by atoms with Gasteiger partial charge in [0.05, 0.1) is 17.3 Å². The Morgan fingerprint density at radius 2 is 2.13 bits per heavy atom. The first-order chi connectivity index (χ1) is 11.1. The van der Waals surface area contributed by atoms with E-state index in [-0.39, 0.29) is 11.5 Å². The second kappa shape index (κ2) is 5.69. The normalized spacial score (nSPS) is 11.0. The summed E-state index contributed by atoms with van der Waals surface area (Å²) in [4.78, 5) is 15.4. The molecule has 0 aliphatic carbocycles. The molecule has 7 nitrogen and oxygen atoms in total. The molecular formula is C16H11N5O2. The van der Waals surface area contributed by atoms with Gasteiger partial charge in [0.2, 0.25) is 0 Å². The van der Waals surface area contributed by atoms with Crippen molar-refractivity contribution in [3.63, 3.8) is 0 Å². The van der Waals surface area contributed by atoms with E-state index in [2.05, 4.69) is 15.2 Å². The van der Waals surface area contributed by atoms with Crippen LogP contribution in [0.25, 0.3) is 5.65 Å². The third kappa shape index (κ3) is 2.78. The predicted octanol–water partition coefficient (Wildman–Crippen LogP) is 3.63. The standard InChI is InChI=1S/C16H11N5O2/c1-10-5-6-21-13(7-10)18-14(16(22)23)15(21)20-19-12-4-2-3-11(8-12)9-17/h2-8H,1H3,(H,22,23). The van der Waals surface area contributed by atoms with E-state index in [1.165, 1.54) is 0 Å². The summed E-state index contributed by atoms with van der Waals surface area (Å²) in [6.45, 7) is 1.89. The van der Waals surface area contributed by atoms with Crippen LogP contribution in [0.3, 0.4) is 0 Å². The molecule has 7 heteroatoms. The highest BCUT2D eigenvalue weighted by molar-refractivity contribution is 5.91. The average molecular weight is 305 g/mol. The lowest BCUT2D eigenvalue weighted by molar-refractivity contribution is 0.0692. The molecule has 0 spiro atoms. The molecule has 2 aromatic heterocycles. The molecule has 0 saturated carbocycles. The lowest BCUT2D eigenvalue weighted by Gasteiger charge is -1.98. The van der Waals surface area contributed by atoms with Crippen LogP contribution in [0.4, 0.5) is 11.5 Å². The summed E-state index contributed by atoms with van der Waals surface area (Å²) in [7, 11) is 0. The SMILES string of the molecule is Cc1ccn2c(N=Nc3cccc(C#N)c3)c(C(=O)O)nc2c1. The molecule has 23 heavy (non-hydrogen) atoms. The van der Waals surface area contributed by atoms with Crippen molar-refractivity contribution < 1.29 is 9.90 Å². The quantitative estimate of drug-likeness (QED) is 0.746. The van der Waals surface area contributed by atoms with Crippen molar-refractivity contribution in [1.29, 1.82) is 5.26 Å². The topological polar surface area (TPSA) is 103 Å². The number of rotatable bonds is 3. The van der Waals surface area contributed by atoms with Gasteiger partial charge in [-0.15, -0.1) is 10.2 Å². The highest BCUT2D eigenvalue weighted by Crippen LogP contribution is 2.25. The average Bonchev–Trinajstić information content (AvgIpc) is 2.91. The van der Waals surface area contributed by atoms with E-state index in [0.717, 1.165) is 5.56 Å². The Kier molecular flexibility index (Phi) is 3.57. The van der Waals surface area contributed by atoms with Crippen molar-refractivity contribution in [3.05, 3.63) is 59.4 Å². The first-order valence-corrected chi connectivity index (χ1v) is 6.72. The van der Waals surface area contributed by atoms with E-state index in [1.807, 2.05) is 19.1 Å². The zero-order valence-corrected chi connectivity index (χ0v) is 12.1. The molecule has 1 N–H and O–H groups in total. The molecule has 0 radical (unpaired) electrons. The zero-order chi connectivity index (χ0) is 16.4. The molecule has 0 saturated heterocycles. The van der Waals surface area contributed by atoms with Gasteiger partial charge in [-0.2, -0.15) is 5.26 Å². The van der Waals surface area contributed by atoms with Crippen molar-refractivity contribution in [2.24, 2.45) is 10.2 Å². The lowest BCUT2D eigenvalue weighted by atomic mass is 10.2. The summed E-state index contributed by atoms with van der Waals surface area (Å²) >= 11 is 0. The summed E-state index contributed by atoms with van der Waals surface area (Å²) in [5, 5.41) is 26.2. The number of imidazole rings is 1. The molecule has 0 aliphatic rings. The molecule has 3 rings (SSSR count). The molecule has 0 unspecified atom stereocenters. The fourth-order valence-electron chi connectivity index (χ4n) is 2.12. The Hall–Kier alpha value is -3.53. The van der Waals surface area contributed by atoms with Gasteiger partial charge in [0.25, 0.3) is 0 Å². The molecule has 0 bridgehead atoms. The Morgan fingerprint density at radius 1 is 1.30 bits per heavy atom. The van der Waals surface area contributed by atoms with E-state index in [0.29, 0.717) is 16.9 Å². The van der Waals surface area contributed by atoms with Crippen LogP contribution in [0.5, 0.6) is 0 Å². The number of benzene rings is 1. The van der Waals surface area contributed by atoms with Gasteiger partial charge in [-0.05, 0) is 42.8 Å². The summed E-state index contributed by atoms with van der Waals surface area (Å²) in [6.07, 6.45) is 1.70. The van der Waals surface area contributed by atoms with E-state index in [4.69, 9.17) is 5.26 Å². The summed E-state index contributed by atoms with van der Waals surface area (Å²) in [6, 6.07) is 12.2. The molecule has 1 aromatic carbocycles. The number of pyridine rings is 1. The van der Waals surface area contributed by atoms with Gasteiger partial charge in [-0.3, -0.25) is 4.40 Å². The minimum absolute atomic E-state index is 0.134. The first-order valence-electron chi connectivity index (χ1n) is 6.72. The number of aryl methyl sites for hydroxylation is 1. The number of carbonyl (C=O) groups is 1. The maximum absolute atomic E-state index is 11.4. The summed E-state index contributed by atoms with van der Waals surface area (Å²) in [5.41, 5.74) is 2.19.